The molecule has 0 aliphatic carbocycles. The first-order valence-electron chi connectivity index (χ1n) is 6.50. The van der Waals surface area contributed by atoms with E-state index in [1.807, 2.05) is 6.07 Å². The van der Waals surface area contributed by atoms with Gasteiger partial charge in [-0.1, -0.05) is 36.0 Å². The van der Waals surface area contributed by atoms with E-state index in [2.05, 4.69) is 10.3 Å². The summed E-state index contributed by atoms with van der Waals surface area (Å²) in [6.45, 7) is 0.458. The average Bonchev–Trinajstić information content (AvgIpc) is 2.67. The Morgan fingerprint density at radius 1 is 1.24 bits per heavy atom. The SMILES string of the molecule is Fc1ccccc1C1=NCC(C=S)Nc2ccc(Cl)cc21. The number of nitrogens with zero attached hydrogens (tertiary/aromatic N) is 1. The molecule has 0 saturated carbocycles. The van der Waals surface area contributed by atoms with E-state index in [4.69, 9.17) is 23.8 Å². The van der Waals surface area contributed by atoms with Crippen molar-refractivity contribution >= 4 is 40.6 Å². The summed E-state index contributed by atoms with van der Waals surface area (Å²) in [5.41, 5.74) is 2.70. The fourth-order valence-corrected chi connectivity index (χ4v) is 2.65. The highest BCUT2D eigenvalue weighted by Crippen LogP contribution is 2.27. The topological polar surface area (TPSA) is 24.4 Å². The van der Waals surface area contributed by atoms with Gasteiger partial charge in [0.05, 0.1) is 18.3 Å². The fourth-order valence-electron chi connectivity index (χ4n) is 2.32. The third kappa shape index (κ3) is 2.82. The van der Waals surface area contributed by atoms with Crippen LogP contribution < -0.4 is 5.32 Å². The van der Waals surface area contributed by atoms with Gasteiger partial charge in [-0.25, -0.2) is 4.39 Å². The summed E-state index contributed by atoms with van der Waals surface area (Å²) >= 11 is 11.1. The number of anilines is 1. The molecule has 2 nitrogen and oxygen atoms in total. The minimum atomic E-state index is -0.303. The van der Waals surface area contributed by atoms with E-state index in [-0.39, 0.29) is 11.9 Å². The molecule has 1 unspecified atom stereocenters. The molecule has 21 heavy (non-hydrogen) atoms. The van der Waals surface area contributed by atoms with Crippen LogP contribution in [0.5, 0.6) is 0 Å². The third-order valence-electron chi connectivity index (χ3n) is 3.32. The Balaban J connectivity index is 2.20. The Hall–Kier alpha value is -1.78. The lowest BCUT2D eigenvalue weighted by atomic mass is 10.00. The van der Waals surface area contributed by atoms with Crippen LogP contribution in [0.4, 0.5) is 10.1 Å². The number of benzodiazepines with no additional fused rings is 1. The number of halogens is 2. The van der Waals surface area contributed by atoms with Gasteiger partial charge >= 0.3 is 0 Å². The Morgan fingerprint density at radius 2 is 2.05 bits per heavy atom. The minimum Gasteiger partial charge on any atom is -0.376 e. The van der Waals surface area contributed by atoms with Crippen LogP contribution in [0.1, 0.15) is 11.1 Å². The van der Waals surface area contributed by atoms with Crippen LogP contribution in [0, 0.1) is 5.82 Å². The first kappa shape index (κ1) is 14.2. The number of thiocarbonyl (C=S) groups is 1. The zero-order valence-electron chi connectivity index (χ0n) is 11.0. The van der Waals surface area contributed by atoms with Gasteiger partial charge in [-0.3, -0.25) is 4.99 Å². The van der Waals surface area contributed by atoms with Crippen LogP contribution in [0.2, 0.25) is 5.02 Å². The number of aliphatic imine (C=N–C) groups is 1. The molecular weight excluding hydrogens is 307 g/mol. The van der Waals surface area contributed by atoms with Gasteiger partial charge in [-0.2, -0.15) is 0 Å². The summed E-state index contributed by atoms with van der Waals surface area (Å²) in [7, 11) is 0. The monoisotopic (exact) mass is 318 g/mol. The molecule has 2 aromatic rings. The van der Waals surface area contributed by atoms with Crippen LogP contribution >= 0.6 is 23.8 Å². The van der Waals surface area contributed by atoms with Gasteiger partial charge in [-0.05, 0) is 30.3 Å². The summed E-state index contributed by atoms with van der Waals surface area (Å²) in [5.74, 6) is -0.303. The van der Waals surface area contributed by atoms with Gasteiger partial charge in [0.1, 0.15) is 5.82 Å². The largest absolute Gasteiger partial charge is 0.376 e. The highest BCUT2D eigenvalue weighted by molar-refractivity contribution is 7.79. The van der Waals surface area contributed by atoms with Gasteiger partial charge in [0.25, 0.3) is 0 Å². The van der Waals surface area contributed by atoms with Crippen molar-refractivity contribution in [2.75, 3.05) is 11.9 Å². The minimum absolute atomic E-state index is 0.0656. The van der Waals surface area contributed by atoms with Crippen molar-refractivity contribution in [2.45, 2.75) is 6.04 Å². The van der Waals surface area contributed by atoms with E-state index in [0.29, 0.717) is 22.8 Å². The highest BCUT2D eigenvalue weighted by atomic mass is 35.5. The predicted molar refractivity (Wildman–Crippen MR) is 89.4 cm³/mol. The molecule has 0 bridgehead atoms. The molecule has 0 saturated heterocycles. The summed E-state index contributed by atoms with van der Waals surface area (Å²) in [6, 6.07) is 12.0. The molecular formula is C16H12ClFN2S. The molecule has 3 rings (SSSR count). The van der Waals surface area contributed by atoms with Crippen LogP contribution in [0.3, 0.4) is 0 Å². The van der Waals surface area contributed by atoms with E-state index in [1.54, 1.807) is 35.7 Å². The zero-order chi connectivity index (χ0) is 14.8. The smallest absolute Gasteiger partial charge is 0.132 e. The molecule has 1 aliphatic heterocycles. The van der Waals surface area contributed by atoms with Crippen molar-refractivity contribution in [3.63, 3.8) is 0 Å². The molecule has 0 radical (unpaired) electrons. The first-order valence-corrected chi connectivity index (χ1v) is 7.35. The summed E-state index contributed by atoms with van der Waals surface area (Å²) < 4.78 is 14.1. The molecule has 106 valence electrons. The molecule has 1 N–H and O–H groups in total. The van der Waals surface area contributed by atoms with Gasteiger partial charge in [0, 0.05) is 27.2 Å². The molecule has 2 aromatic carbocycles. The molecule has 1 aliphatic rings. The second kappa shape index (κ2) is 5.92. The second-order valence-electron chi connectivity index (χ2n) is 4.75. The Morgan fingerprint density at radius 3 is 2.81 bits per heavy atom. The van der Waals surface area contributed by atoms with Crippen LogP contribution in [0.25, 0.3) is 0 Å². The van der Waals surface area contributed by atoms with E-state index in [1.165, 1.54) is 6.07 Å². The normalized spacial score (nSPS) is 17.2. The fraction of sp³-hybridized carbons (Fsp3) is 0.125. The number of benzene rings is 2. The van der Waals surface area contributed by atoms with Crippen molar-refractivity contribution in [3.8, 4) is 0 Å². The first-order chi connectivity index (χ1) is 10.2. The Bertz CT molecular complexity index is 730. The average molecular weight is 319 g/mol. The quantitative estimate of drug-likeness (QED) is 0.843. The van der Waals surface area contributed by atoms with Crippen LogP contribution in [-0.4, -0.2) is 23.7 Å². The van der Waals surface area contributed by atoms with Crippen LogP contribution in [-0.2, 0) is 0 Å². The Labute approximate surface area is 132 Å². The molecule has 1 atom stereocenters. The number of nitrogens with one attached hydrogen (secondary N) is 1. The van der Waals surface area contributed by atoms with Crippen molar-refractivity contribution in [3.05, 3.63) is 64.4 Å². The lowest BCUT2D eigenvalue weighted by Crippen LogP contribution is -2.22. The molecule has 0 fully saturated rings. The second-order valence-corrected chi connectivity index (χ2v) is 5.45. The maximum absolute atomic E-state index is 14.1. The van der Waals surface area contributed by atoms with Gasteiger partial charge < -0.3 is 5.32 Å². The predicted octanol–water partition coefficient (Wildman–Crippen LogP) is 4.11. The van der Waals surface area contributed by atoms with Crippen molar-refractivity contribution in [1.29, 1.82) is 0 Å². The maximum atomic E-state index is 14.1. The molecule has 5 heteroatoms. The zero-order valence-corrected chi connectivity index (χ0v) is 12.6. The highest BCUT2D eigenvalue weighted by Gasteiger charge is 2.20. The maximum Gasteiger partial charge on any atom is 0.132 e. The lowest BCUT2D eigenvalue weighted by Gasteiger charge is -2.13. The van der Waals surface area contributed by atoms with Gasteiger partial charge in [-0.15, -0.1) is 0 Å². The third-order valence-corrected chi connectivity index (χ3v) is 3.88. The van der Waals surface area contributed by atoms with E-state index < -0.39 is 0 Å². The number of hydrogen-bond acceptors (Lipinski definition) is 3. The van der Waals surface area contributed by atoms with Crippen molar-refractivity contribution in [2.24, 2.45) is 4.99 Å². The Kier molecular flexibility index (Phi) is 3.99. The number of rotatable bonds is 2. The summed E-state index contributed by atoms with van der Waals surface area (Å²) in [6.07, 6.45) is 0. The van der Waals surface area contributed by atoms with E-state index in [9.17, 15) is 4.39 Å². The van der Waals surface area contributed by atoms with Gasteiger partial charge in [0.2, 0.25) is 0 Å². The molecule has 0 spiro atoms. The van der Waals surface area contributed by atoms with Crippen molar-refractivity contribution in [1.82, 2.24) is 0 Å². The van der Waals surface area contributed by atoms with Crippen LogP contribution in [0.15, 0.2) is 47.5 Å². The summed E-state index contributed by atoms with van der Waals surface area (Å²) in [5, 5.41) is 5.51. The molecule has 1 heterocycles. The standard InChI is InChI=1S/C16H12ClFN2S/c17-10-5-6-15-13(7-10)16(19-8-11(9-21)20-15)12-3-1-2-4-14(12)18/h1-7,9,11,20H,8H2. The molecule has 0 amide bonds. The van der Waals surface area contributed by atoms with Crippen molar-refractivity contribution < 1.29 is 4.39 Å². The molecule has 0 aromatic heterocycles. The van der Waals surface area contributed by atoms with E-state index >= 15 is 0 Å². The lowest BCUT2D eigenvalue weighted by molar-refractivity contribution is 0.625. The number of hydrogen-bond donors (Lipinski definition) is 1. The summed E-state index contributed by atoms with van der Waals surface area (Å²) in [4.78, 5) is 4.55. The van der Waals surface area contributed by atoms with E-state index in [0.717, 1.165) is 11.3 Å². The van der Waals surface area contributed by atoms with Gasteiger partial charge in [0.15, 0.2) is 0 Å². The number of fused-ring (bicyclic) bond motifs is 1.